The molecule has 1 fully saturated rings. The highest BCUT2D eigenvalue weighted by atomic mass is 19.1. The molecule has 4 heterocycles. The lowest BCUT2D eigenvalue weighted by molar-refractivity contribution is 0.211. The molecule has 2 aromatic heterocycles. The highest BCUT2D eigenvalue weighted by Crippen LogP contribution is 2.32. The number of piperidine rings is 1. The first kappa shape index (κ1) is 8.91. The van der Waals surface area contributed by atoms with Crippen LogP contribution in [0.1, 0.15) is 74.8 Å². The van der Waals surface area contributed by atoms with Crippen LogP contribution >= 0.6 is 0 Å². The molecule has 0 unspecified atom stereocenters. The first-order chi connectivity index (χ1) is 20.3. The molecular formula is C23H27FN4O2. The molecule has 0 atom stereocenters. The van der Waals surface area contributed by atoms with E-state index in [0.717, 1.165) is 11.0 Å². The molecule has 2 aliphatic rings. The van der Waals surface area contributed by atoms with Crippen LogP contribution in [0, 0.1) is 12.7 Å². The fourth-order valence-corrected chi connectivity index (χ4v) is 3.62. The largest absolute Gasteiger partial charge is 0.356 e. The summed E-state index contributed by atoms with van der Waals surface area (Å²) in [5, 5.41) is 4.56. The molecule has 0 radical (unpaired) electrons. The topological polar surface area (TPSA) is 64.2 Å². The van der Waals surface area contributed by atoms with E-state index < -0.39 is 73.8 Å². The summed E-state index contributed by atoms with van der Waals surface area (Å²) in [6.07, 6.45) is -14.2. The summed E-state index contributed by atoms with van der Waals surface area (Å²) < 4.78 is 143. The van der Waals surface area contributed by atoms with Gasteiger partial charge in [0.25, 0.3) is 5.56 Å². The average molecular weight is 426 g/mol. The van der Waals surface area contributed by atoms with Crippen LogP contribution in [0.4, 0.5) is 4.39 Å². The Bertz CT molecular complexity index is 1730. The van der Waals surface area contributed by atoms with Crippen molar-refractivity contribution >= 4 is 11.0 Å². The van der Waals surface area contributed by atoms with Gasteiger partial charge in [0.05, 0.1) is 5.69 Å². The summed E-state index contributed by atoms with van der Waals surface area (Å²) in [6.45, 7) is -10.6. The third kappa shape index (κ3) is 3.55. The Morgan fingerprint density at radius 3 is 3.07 bits per heavy atom. The Kier molecular flexibility index (Phi) is 2.36. The Balaban J connectivity index is 1.60. The minimum absolute atomic E-state index is 0.137. The highest BCUT2D eigenvalue weighted by molar-refractivity contribution is 5.79. The number of likely N-dealkylation sites (tertiary alicyclic amines) is 1. The van der Waals surface area contributed by atoms with Crippen LogP contribution in [0.15, 0.2) is 27.5 Å². The molecule has 3 aromatic rings. The van der Waals surface area contributed by atoms with Crippen molar-refractivity contribution in [2.75, 3.05) is 19.6 Å². The van der Waals surface area contributed by atoms with Crippen LogP contribution in [0.3, 0.4) is 0 Å². The highest BCUT2D eigenvalue weighted by Gasteiger charge is 2.25. The zero-order chi connectivity index (χ0) is 33.9. The monoisotopic (exact) mass is 425 g/mol. The summed E-state index contributed by atoms with van der Waals surface area (Å²) in [4.78, 5) is 18.5. The second kappa shape index (κ2) is 7.95. The molecular weight excluding hydrogens is 383 g/mol. The lowest BCUT2D eigenvalue weighted by atomic mass is 9.91. The van der Waals surface area contributed by atoms with Crippen molar-refractivity contribution in [1.29, 1.82) is 0 Å². The standard InChI is InChI=1S/C23H27FN4O2/c1-15-18(23(29)28-10-3-2-4-21(28)25-15)9-13-27-11-7-16(8-12-27)22-19-6-5-17(24)14-20(19)30-26-22/h5-6,14,16H,2-4,7-13H2,1H3/i1D3,2D2,3D2,4D2,9D2,10D2,13D2. The number of aromatic nitrogens is 3. The molecule has 0 amide bonds. The second-order valence-electron chi connectivity index (χ2n) is 6.99. The fourth-order valence-electron chi connectivity index (χ4n) is 3.62. The molecule has 0 bridgehead atoms. The van der Waals surface area contributed by atoms with Crippen molar-refractivity contribution in [3.05, 3.63) is 57.1 Å². The van der Waals surface area contributed by atoms with Crippen LogP contribution in [0.2, 0.25) is 0 Å². The second-order valence-corrected chi connectivity index (χ2v) is 6.99. The molecule has 6 nitrogen and oxygen atoms in total. The quantitative estimate of drug-likeness (QED) is 0.639. The predicted octanol–water partition coefficient (Wildman–Crippen LogP) is 3.59. The van der Waals surface area contributed by atoms with Crippen molar-refractivity contribution in [2.24, 2.45) is 0 Å². The number of fused-ring (bicyclic) bond motifs is 2. The number of rotatable bonds is 4. The number of nitrogens with zero attached hydrogens (tertiary/aromatic N) is 4. The van der Waals surface area contributed by atoms with E-state index in [1.54, 1.807) is 0 Å². The van der Waals surface area contributed by atoms with Crippen LogP contribution in [-0.2, 0) is 19.2 Å². The van der Waals surface area contributed by atoms with Gasteiger partial charge in [-0.25, -0.2) is 9.37 Å². The molecule has 0 N–H and O–H groups in total. The van der Waals surface area contributed by atoms with Gasteiger partial charge in [-0.15, -0.1) is 0 Å². The summed E-state index contributed by atoms with van der Waals surface area (Å²) in [7, 11) is 0. The van der Waals surface area contributed by atoms with E-state index in [1.165, 1.54) is 12.1 Å². The van der Waals surface area contributed by atoms with Gasteiger partial charge in [-0.3, -0.25) is 9.36 Å². The van der Waals surface area contributed by atoms with Crippen molar-refractivity contribution in [1.82, 2.24) is 19.6 Å². The maximum atomic E-state index is 13.9. The number of benzene rings is 1. The Morgan fingerprint density at radius 1 is 1.37 bits per heavy atom. The zero-order valence-corrected chi connectivity index (χ0v) is 15.6. The summed E-state index contributed by atoms with van der Waals surface area (Å²) in [6, 6.07) is 3.88. The van der Waals surface area contributed by atoms with Crippen molar-refractivity contribution in [3.8, 4) is 0 Å². The van der Waals surface area contributed by atoms with Gasteiger partial charge >= 0.3 is 0 Å². The van der Waals surface area contributed by atoms with Gasteiger partial charge < -0.3 is 9.42 Å². The maximum Gasteiger partial charge on any atom is 0.256 e. The van der Waals surface area contributed by atoms with Gasteiger partial charge in [-0.1, -0.05) is 5.16 Å². The van der Waals surface area contributed by atoms with Crippen molar-refractivity contribution in [2.45, 2.75) is 57.6 Å². The third-order valence-electron chi connectivity index (χ3n) is 5.17. The summed E-state index contributed by atoms with van der Waals surface area (Å²) >= 11 is 0. The Hall–Kier alpha value is -2.54. The van der Waals surface area contributed by atoms with Crippen LogP contribution in [-0.4, -0.2) is 39.2 Å². The van der Waals surface area contributed by atoms with E-state index in [0.29, 0.717) is 11.1 Å². The molecule has 0 spiro atoms. The number of aryl methyl sites for hydroxylation is 2. The maximum absolute atomic E-state index is 13.9. The van der Waals surface area contributed by atoms with E-state index in [1.807, 2.05) is 0 Å². The van der Waals surface area contributed by atoms with Crippen molar-refractivity contribution < 1.29 is 29.5 Å². The molecule has 7 heteroatoms. The molecule has 0 saturated carbocycles. The molecule has 5 rings (SSSR count). The molecule has 158 valence electrons. The van der Waals surface area contributed by atoms with Gasteiger partial charge in [0.1, 0.15) is 11.6 Å². The Labute approximate surface area is 195 Å². The summed E-state index contributed by atoms with van der Waals surface area (Å²) in [5.41, 5.74) is -4.08. The lowest BCUT2D eigenvalue weighted by Gasteiger charge is -2.31. The van der Waals surface area contributed by atoms with Gasteiger partial charge in [-0.05, 0) is 64.0 Å². The SMILES string of the molecule is [2H]C([2H])([2H])c1nc2n(c(=O)c1C([2H])([2H])C([2H])([2H])N1CCC(c3noc4cc(F)ccc34)CC1)C([2H])([2H])C([2H])([2H])C([2H])([2H])C2([2H])[2H]. The van der Waals surface area contributed by atoms with Gasteiger partial charge in [0.2, 0.25) is 0 Å². The predicted molar refractivity (Wildman–Crippen MR) is 112 cm³/mol. The molecule has 1 saturated heterocycles. The minimum atomic E-state index is -3.76. The van der Waals surface area contributed by atoms with E-state index in [-0.39, 0.29) is 42.0 Å². The summed E-state index contributed by atoms with van der Waals surface area (Å²) in [5.74, 6) is -2.25. The van der Waals surface area contributed by atoms with E-state index in [4.69, 9.17) is 25.1 Å². The molecule has 30 heavy (non-hydrogen) atoms. The first-order valence-corrected chi connectivity index (χ1v) is 9.32. The van der Waals surface area contributed by atoms with Crippen molar-refractivity contribution in [3.63, 3.8) is 0 Å². The van der Waals surface area contributed by atoms with Crippen LogP contribution in [0.5, 0.6) is 0 Å². The molecule has 2 aliphatic heterocycles. The van der Waals surface area contributed by atoms with E-state index in [9.17, 15) is 9.18 Å². The number of halogens is 1. The van der Waals surface area contributed by atoms with E-state index in [2.05, 4.69) is 10.1 Å². The zero-order valence-electron chi connectivity index (χ0n) is 30.6. The first-order valence-electron chi connectivity index (χ1n) is 16.8. The molecule has 1 aromatic carbocycles. The average Bonchev–Trinajstić information content (AvgIpc) is 3.33. The van der Waals surface area contributed by atoms with Gasteiger partial charge in [0.15, 0.2) is 5.58 Å². The number of hydrogen-bond donors (Lipinski definition) is 0. The minimum Gasteiger partial charge on any atom is -0.356 e. The Morgan fingerprint density at radius 2 is 2.23 bits per heavy atom. The smallest absolute Gasteiger partial charge is 0.256 e. The van der Waals surface area contributed by atoms with Gasteiger partial charge in [-0.2, -0.15) is 0 Å². The van der Waals surface area contributed by atoms with E-state index >= 15 is 0 Å². The number of hydrogen-bond acceptors (Lipinski definition) is 5. The third-order valence-corrected chi connectivity index (χ3v) is 5.17. The van der Waals surface area contributed by atoms with Crippen LogP contribution < -0.4 is 5.56 Å². The van der Waals surface area contributed by atoms with Gasteiger partial charge in [0, 0.05) is 68.6 Å². The fraction of sp³-hybridized carbons (Fsp3) is 0.522. The van der Waals surface area contributed by atoms with Crippen LogP contribution in [0.25, 0.3) is 11.0 Å². The molecule has 0 aliphatic carbocycles. The lowest BCUT2D eigenvalue weighted by Crippen LogP contribution is -2.37. The normalized spacial score (nSPS) is 33.6.